The molecule has 0 unspecified atom stereocenters. The molecule has 31 heavy (non-hydrogen) atoms. The van der Waals surface area contributed by atoms with Crippen molar-refractivity contribution in [2.24, 2.45) is 0 Å². The van der Waals surface area contributed by atoms with Crippen molar-refractivity contribution < 1.29 is 19.1 Å². The summed E-state index contributed by atoms with van der Waals surface area (Å²) >= 11 is 1.33. The predicted molar refractivity (Wildman–Crippen MR) is 122 cm³/mol. The molecule has 1 heterocycles. The standard InChI is InChI=1S/C24H26N2O4S/c1-4-18-6-10-21(11-7-18)26(17(3)27)24-25-20(16-31-24)14-30-23(28)15-29-22-12-8-19(5-2)9-13-22/h6-13,16H,4-5,14-15H2,1-3H3. The van der Waals surface area contributed by atoms with Crippen LogP contribution in [0, 0.1) is 0 Å². The molecule has 0 N–H and O–H groups in total. The zero-order valence-electron chi connectivity index (χ0n) is 18.0. The first kappa shape index (κ1) is 22.5. The van der Waals surface area contributed by atoms with Gasteiger partial charge in [-0.15, -0.1) is 11.3 Å². The third-order valence-electron chi connectivity index (χ3n) is 4.72. The van der Waals surface area contributed by atoms with Gasteiger partial charge in [0.05, 0.1) is 11.4 Å². The number of benzene rings is 2. The molecule has 0 radical (unpaired) electrons. The molecule has 1 amide bonds. The first-order chi connectivity index (χ1) is 15.0. The minimum Gasteiger partial charge on any atom is -0.482 e. The minimum atomic E-state index is -0.479. The SMILES string of the molecule is CCc1ccc(OCC(=O)OCc2csc(N(C(C)=O)c3ccc(CC)cc3)n2)cc1. The van der Waals surface area contributed by atoms with E-state index in [4.69, 9.17) is 9.47 Å². The van der Waals surface area contributed by atoms with E-state index in [1.807, 2.05) is 48.5 Å². The lowest BCUT2D eigenvalue weighted by Crippen LogP contribution is -2.22. The van der Waals surface area contributed by atoms with Gasteiger partial charge in [-0.3, -0.25) is 9.69 Å². The molecular formula is C24H26N2O4S. The van der Waals surface area contributed by atoms with E-state index < -0.39 is 5.97 Å². The summed E-state index contributed by atoms with van der Waals surface area (Å²) in [5.74, 6) is 0.00798. The smallest absolute Gasteiger partial charge is 0.344 e. The fourth-order valence-corrected chi connectivity index (χ4v) is 3.80. The van der Waals surface area contributed by atoms with E-state index in [-0.39, 0.29) is 19.1 Å². The molecule has 7 heteroatoms. The number of aromatic nitrogens is 1. The Hall–Kier alpha value is -3.19. The highest BCUT2D eigenvalue weighted by molar-refractivity contribution is 7.14. The topological polar surface area (TPSA) is 68.7 Å². The van der Waals surface area contributed by atoms with Crippen LogP contribution in [-0.4, -0.2) is 23.5 Å². The second-order valence-electron chi connectivity index (χ2n) is 6.94. The Kier molecular flexibility index (Phi) is 7.78. The lowest BCUT2D eigenvalue weighted by Gasteiger charge is -2.18. The van der Waals surface area contributed by atoms with Gasteiger partial charge in [0.25, 0.3) is 0 Å². The Morgan fingerprint density at radius 1 is 0.968 bits per heavy atom. The van der Waals surface area contributed by atoms with Gasteiger partial charge in [0.15, 0.2) is 11.7 Å². The molecule has 0 spiro atoms. The van der Waals surface area contributed by atoms with Crippen LogP contribution in [0.5, 0.6) is 5.75 Å². The second kappa shape index (κ2) is 10.7. The van der Waals surface area contributed by atoms with Crippen molar-refractivity contribution in [2.75, 3.05) is 11.5 Å². The first-order valence-electron chi connectivity index (χ1n) is 10.2. The van der Waals surface area contributed by atoms with Gasteiger partial charge in [-0.2, -0.15) is 0 Å². The number of thiazole rings is 1. The molecule has 0 fully saturated rings. The fourth-order valence-electron chi connectivity index (χ4n) is 2.93. The number of amides is 1. The highest BCUT2D eigenvalue weighted by atomic mass is 32.1. The number of hydrogen-bond acceptors (Lipinski definition) is 6. The van der Waals surface area contributed by atoms with Crippen molar-refractivity contribution in [1.82, 2.24) is 4.98 Å². The van der Waals surface area contributed by atoms with Crippen LogP contribution < -0.4 is 9.64 Å². The number of rotatable bonds is 9. The molecule has 3 aromatic rings. The summed E-state index contributed by atoms with van der Waals surface area (Å²) in [6.07, 6.45) is 1.88. The predicted octanol–water partition coefficient (Wildman–Crippen LogP) is 5.07. The van der Waals surface area contributed by atoms with Crippen molar-refractivity contribution >= 4 is 34.0 Å². The largest absolute Gasteiger partial charge is 0.482 e. The average molecular weight is 439 g/mol. The highest BCUT2D eigenvalue weighted by Gasteiger charge is 2.18. The van der Waals surface area contributed by atoms with Gasteiger partial charge in [0.2, 0.25) is 5.91 Å². The molecule has 162 valence electrons. The molecule has 1 aromatic heterocycles. The summed E-state index contributed by atoms with van der Waals surface area (Å²) in [6, 6.07) is 15.4. The van der Waals surface area contributed by atoms with Crippen LogP contribution in [0.3, 0.4) is 0 Å². The minimum absolute atomic E-state index is 0.0218. The first-order valence-corrected chi connectivity index (χ1v) is 11.1. The lowest BCUT2D eigenvalue weighted by molar-refractivity contribution is -0.147. The van der Waals surface area contributed by atoms with Crippen LogP contribution in [0.15, 0.2) is 53.9 Å². The highest BCUT2D eigenvalue weighted by Crippen LogP contribution is 2.29. The third kappa shape index (κ3) is 6.15. The normalized spacial score (nSPS) is 10.5. The number of nitrogens with zero attached hydrogens (tertiary/aromatic N) is 2. The van der Waals surface area contributed by atoms with Gasteiger partial charge < -0.3 is 9.47 Å². The molecule has 0 aliphatic carbocycles. The number of carbonyl (C=O) groups is 2. The van der Waals surface area contributed by atoms with Crippen molar-refractivity contribution in [3.05, 3.63) is 70.7 Å². The van der Waals surface area contributed by atoms with Crippen molar-refractivity contribution in [2.45, 2.75) is 40.2 Å². The quantitative estimate of drug-likeness (QED) is 0.436. The number of ether oxygens (including phenoxy) is 2. The molecule has 0 bridgehead atoms. The Morgan fingerprint density at radius 3 is 2.16 bits per heavy atom. The van der Waals surface area contributed by atoms with Gasteiger partial charge in [-0.1, -0.05) is 38.1 Å². The molecule has 0 atom stereocenters. The van der Waals surface area contributed by atoms with Crippen LogP contribution in [0.25, 0.3) is 0 Å². The Morgan fingerprint density at radius 2 is 1.58 bits per heavy atom. The second-order valence-corrected chi connectivity index (χ2v) is 7.78. The van der Waals surface area contributed by atoms with Crippen LogP contribution in [-0.2, 0) is 33.8 Å². The Bertz CT molecular complexity index is 1010. The molecule has 6 nitrogen and oxygen atoms in total. The van der Waals surface area contributed by atoms with Crippen LogP contribution in [0.4, 0.5) is 10.8 Å². The summed E-state index contributed by atoms with van der Waals surface area (Å²) < 4.78 is 10.7. The van der Waals surface area contributed by atoms with E-state index in [9.17, 15) is 9.59 Å². The maximum Gasteiger partial charge on any atom is 0.344 e. The van der Waals surface area contributed by atoms with Crippen molar-refractivity contribution in [1.29, 1.82) is 0 Å². The maximum absolute atomic E-state index is 12.2. The molecule has 0 saturated carbocycles. The fraction of sp³-hybridized carbons (Fsp3) is 0.292. The van der Waals surface area contributed by atoms with E-state index in [2.05, 4.69) is 18.8 Å². The van der Waals surface area contributed by atoms with Crippen LogP contribution in [0.1, 0.15) is 37.6 Å². The average Bonchev–Trinajstić information content (AvgIpc) is 3.25. The van der Waals surface area contributed by atoms with E-state index in [0.29, 0.717) is 16.6 Å². The number of anilines is 2. The molecule has 0 aliphatic rings. The van der Waals surface area contributed by atoms with E-state index in [1.54, 1.807) is 10.3 Å². The zero-order chi connectivity index (χ0) is 22.2. The van der Waals surface area contributed by atoms with E-state index in [0.717, 1.165) is 18.5 Å². The van der Waals surface area contributed by atoms with Crippen LogP contribution >= 0.6 is 11.3 Å². The molecule has 0 saturated heterocycles. The van der Waals surface area contributed by atoms with Gasteiger partial charge >= 0.3 is 5.97 Å². The molecule has 0 aliphatic heterocycles. The lowest BCUT2D eigenvalue weighted by atomic mass is 10.1. The summed E-state index contributed by atoms with van der Waals surface area (Å²) in [7, 11) is 0. The zero-order valence-corrected chi connectivity index (χ0v) is 18.8. The number of aryl methyl sites for hydroxylation is 2. The number of esters is 1. The van der Waals surface area contributed by atoms with Crippen LogP contribution in [0.2, 0.25) is 0 Å². The monoisotopic (exact) mass is 438 g/mol. The maximum atomic E-state index is 12.2. The van der Waals surface area contributed by atoms with Gasteiger partial charge in [-0.25, -0.2) is 9.78 Å². The number of hydrogen-bond donors (Lipinski definition) is 0. The van der Waals surface area contributed by atoms with Gasteiger partial charge in [0.1, 0.15) is 12.4 Å². The summed E-state index contributed by atoms with van der Waals surface area (Å²) in [4.78, 5) is 30.3. The number of carbonyl (C=O) groups excluding carboxylic acids is 2. The molecule has 3 rings (SSSR count). The van der Waals surface area contributed by atoms with Gasteiger partial charge in [-0.05, 0) is 48.2 Å². The van der Waals surface area contributed by atoms with E-state index in [1.165, 1.54) is 29.4 Å². The third-order valence-corrected chi connectivity index (χ3v) is 5.59. The summed E-state index contributed by atoms with van der Waals surface area (Å²) in [5, 5.41) is 2.32. The summed E-state index contributed by atoms with van der Waals surface area (Å²) in [5.41, 5.74) is 3.74. The van der Waals surface area contributed by atoms with E-state index >= 15 is 0 Å². The molecule has 2 aromatic carbocycles. The molecular weight excluding hydrogens is 412 g/mol. The van der Waals surface area contributed by atoms with Crippen molar-refractivity contribution in [3.8, 4) is 5.75 Å². The Labute approximate surface area is 186 Å². The van der Waals surface area contributed by atoms with Gasteiger partial charge in [0, 0.05) is 12.3 Å². The van der Waals surface area contributed by atoms with Crippen molar-refractivity contribution in [3.63, 3.8) is 0 Å². The summed E-state index contributed by atoms with van der Waals surface area (Å²) in [6.45, 7) is 5.51. The Balaban J connectivity index is 1.56.